The third kappa shape index (κ3) is 3.01. The molecular formula is C14H19N5O2. The van der Waals surface area contributed by atoms with E-state index in [9.17, 15) is 0 Å². The SMILES string of the molecule is CN(C)c1n[nH]c(NCc2cccc3c2OCCCO3)n1. The molecular weight excluding hydrogens is 270 g/mol. The van der Waals surface area contributed by atoms with Crippen molar-refractivity contribution < 1.29 is 9.47 Å². The number of fused-ring (bicyclic) bond motifs is 1. The van der Waals surface area contributed by atoms with E-state index >= 15 is 0 Å². The highest BCUT2D eigenvalue weighted by Crippen LogP contribution is 2.33. The van der Waals surface area contributed by atoms with E-state index < -0.39 is 0 Å². The van der Waals surface area contributed by atoms with Crippen molar-refractivity contribution in [2.24, 2.45) is 0 Å². The lowest BCUT2D eigenvalue weighted by Crippen LogP contribution is -2.10. The monoisotopic (exact) mass is 289 g/mol. The molecule has 1 aliphatic heterocycles. The van der Waals surface area contributed by atoms with Crippen LogP contribution in [0.25, 0.3) is 0 Å². The molecule has 2 aromatic rings. The second-order valence-corrected chi connectivity index (χ2v) is 5.03. The third-order valence-corrected chi connectivity index (χ3v) is 3.17. The van der Waals surface area contributed by atoms with Crippen LogP contribution in [0, 0.1) is 0 Å². The van der Waals surface area contributed by atoms with Crippen LogP contribution in [0.2, 0.25) is 0 Å². The molecule has 0 aliphatic carbocycles. The van der Waals surface area contributed by atoms with Gasteiger partial charge in [-0.1, -0.05) is 12.1 Å². The van der Waals surface area contributed by atoms with E-state index in [1.54, 1.807) is 0 Å². The summed E-state index contributed by atoms with van der Waals surface area (Å²) in [6.07, 6.45) is 0.899. The molecule has 0 radical (unpaired) electrons. The first kappa shape index (κ1) is 13.5. The molecule has 1 aromatic carbocycles. The van der Waals surface area contributed by atoms with Crippen LogP contribution in [-0.4, -0.2) is 42.5 Å². The van der Waals surface area contributed by atoms with Gasteiger partial charge in [0.1, 0.15) is 0 Å². The number of ether oxygens (including phenoxy) is 2. The van der Waals surface area contributed by atoms with Gasteiger partial charge in [0.2, 0.25) is 11.9 Å². The molecule has 2 N–H and O–H groups in total. The molecule has 1 aliphatic rings. The molecule has 0 amide bonds. The van der Waals surface area contributed by atoms with Crippen LogP contribution in [0.4, 0.5) is 11.9 Å². The Hall–Kier alpha value is -2.44. The van der Waals surface area contributed by atoms with Crippen molar-refractivity contribution in [3.8, 4) is 11.5 Å². The van der Waals surface area contributed by atoms with Gasteiger partial charge in [-0.3, -0.25) is 0 Å². The molecule has 21 heavy (non-hydrogen) atoms. The van der Waals surface area contributed by atoms with Crippen molar-refractivity contribution >= 4 is 11.9 Å². The standard InChI is InChI=1S/C14H19N5O2/c1-19(2)14-16-13(17-18-14)15-9-10-5-3-6-11-12(10)21-8-4-7-20-11/h3,5-6H,4,7-9H2,1-2H3,(H2,15,16,17,18). The summed E-state index contributed by atoms with van der Waals surface area (Å²) in [7, 11) is 3.80. The number of rotatable bonds is 4. The highest BCUT2D eigenvalue weighted by molar-refractivity contribution is 5.48. The molecule has 7 heteroatoms. The van der Waals surface area contributed by atoms with Crippen molar-refractivity contribution in [2.75, 3.05) is 37.5 Å². The first-order chi connectivity index (χ1) is 10.2. The summed E-state index contributed by atoms with van der Waals surface area (Å²) in [6, 6.07) is 5.92. The number of para-hydroxylation sites is 1. The lowest BCUT2D eigenvalue weighted by Gasteiger charge is -2.12. The van der Waals surface area contributed by atoms with Crippen LogP contribution in [0.3, 0.4) is 0 Å². The van der Waals surface area contributed by atoms with E-state index in [1.165, 1.54) is 0 Å². The zero-order chi connectivity index (χ0) is 14.7. The van der Waals surface area contributed by atoms with Gasteiger partial charge >= 0.3 is 0 Å². The molecule has 112 valence electrons. The molecule has 2 heterocycles. The molecule has 0 unspecified atom stereocenters. The second-order valence-electron chi connectivity index (χ2n) is 5.03. The van der Waals surface area contributed by atoms with Crippen molar-refractivity contribution in [3.05, 3.63) is 23.8 Å². The Labute approximate surface area is 123 Å². The molecule has 0 atom stereocenters. The van der Waals surface area contributed by atoms with E-state index in [2.05, 4.69) is 20.5 Å². The van der Waals surface area contributed by atoms with Crippen LogP contribution in [0.15, 0.2) is 18.2 Å². The molecule has 0 bridgehead atoms. The number of aromatic amines is 1. The van der Waals surface area contributed by atoms with Gasteiger partial charge in [0.15, 0.2) is 11.5 Å². The summed E-state index contributed by atoms with van der Waals surface area (Å²) in [4.78, 5) is 6.17. The number of benzene rings is 1. The fourth-order valence-electron chi connectivity index (χ4n) is 2.10. The highest BCUT2D eigenvalue weighted by atomic mass is 16.5. The van der Waals surface area contributed by atoms with Crippen LogP contribution in [0.5, 0.6) is 11.5 Å². The molecule has 7 nitrogen and oxygen atoms in total. The van der Waals surface area contributed by atoms with Crippen molar-refractivity contribution in [1.82, 2.24) is 15.2 Å². The number of anilines is 2. The van der Waals surface area contributed by atoms with Gasteiger partial charge in [0.25, 0.3) is 0 Å². The summed E-state index contributed by atoms with van der Waals surface area (Å²) in [5.74, 6) is 2.89. The van der Waals surface area contributed by atoms with Gasteiger partial charge < -0.3 is 19.7 Å². The Balaban J connectivity index is 1.72. The second kappa shape index (κ2) is 5.90. The molecule has 0 fully saturated rings. The maximum absolute atomic E-state index is 5.79. The molecule has 1 aromatic heterocycles. The Morgan fingerprint density at radius 2 is 2.14 bits per heavy atom. The van der Waals surface area contributed by atoms with E-state index in [-0.39, 0.29) is 0 Å². The van der Waals surface area contributed by atoms with Gasteiger partial charge in [-0.15, -0.1) is 5.10 Å². The topological polar surface area (TPSA) is 75.3 Å². The Morgan fingerprint density at radius 3 is 2.95 bits per heavy atom. The van der Waals surface area contributed by atoms with Crippen molar-refractivity contribution in [1.29, 1.82) is 0 Å². The first-order valence-electron chi connectivity index (χ1n) is 6.95. The highest BCUT2D eigenvalue weighted by Gasteiger charge is 2.14. The van der Waals surface area contributed by atoms with Crippen LogP contribution in [-0.2, 0) is 6.54 Å². The minimum Gasteiger partial charge on any atom is -0.490 e. The quantitative estimate of drug-likeness (QED) is 0.891. The Kier molecular flexibility index (Phi) is 3.81. The lowest BCUT2D eigenvalue weighted by molar-refractivity contribution is 0.296. The summed E-state index contributed by atoms with van der Waals surface area (Å²) < 4.78 is 11.5. The average Bonchev–Trinajstić information content (AvgIpc) is 2.82. The fourth-order valence-corrected chi connectivity index (χ4v) is 2.10. The Morgan fingerprint density at radius 1 is 1.29 bits per heavy atom. The summed E-state index contributed by atoms with van der Waals surface area (Å²) in [6.45, 7) is 1.96. The maximum Gasteiger partial charge on any atom is 0.245 e. The van der Waals surface area contributed by atoms with Gasteiger partial charge in [-0.05, 0) is 6.07 Å². The predicted molar refractivity (Wildman–Crippen MR) is 80.1 cm³/mol. The zero-order valence-corrected chi connectivity index (χ0v) is 12.2. The van der Waals surface area contributed by atoms with E-state index in [0.717, 1.165) is 23.5 Å². The maximum atomic E-state index is 5.79. The number of hydrogen-bond donors (Lipinski definition) is 2. The van der Waals surface area contributed by atoms with Gasteiger partial charge in [-0.25, -0.2) is 5.10 Å². The Bertz CT molecular complexity index is 611. The van der Waals surface area contributed by atoms with E-state index in [4.69, 9.17) is 9.47 Å². The van der Waals surface area contributed by atoms with Crippen LogP contribution < -0.4 is 19.7 Å². The van der Waals surface area contributed by atoms with Gasteiger partial charge in [0, 0.05) is 32.6 Å². The first-order valence-corrected chi connectivity index (χ1v) is 6.95. The summed E-state index contributed by atoms with van der Waals surface area (Å²) >= 11 is 0. The van der Waals surface area contributed by atoms with Crippen LogP contribution >= 0.6 is 0 Å². The molecule has 0 saturated carbocycles. The smallest absolute Gasteiger partial charge is 0.245 e. The lowest BCUT2D eigenvalue weighted by atomic mass is 10.2. The van der Waals surface area contributed by atoms with E-state index in [1.807, 2.05) is 37.2 Å². The van der Waals surface area contributed by atoms with Gasteiger partial charge in [0.05, 0.1) is 13.2 Å². The number of hydrogen-bond acceptors (Lipinski definition) is 6. The predicted octanol–water partition coefficient (Wildman–Crippen LogP) is 1.64. The summed E-state index contributed by atoms with van der Waals surface area (Å²) in [5, 5.41) is 10.2. The molecule has 3 rings (SSSR count). The van der Waals surface area contributed by atoms with E-state index in [0.29, 0.717) is 31.7 Å². The summed E-state index contributed by atoms with van der Waals surface area (Å²) in [5.41, 5.74) is 1.04. The van der Waals surface area contributed by atoms with Crippen molar-refractivity contribution in [3.63, 3.8) is 0 Å². The van der Waals surface area contributed by atoms with Crippen LogP contribution in [0.1, 0.15) is 12.0 Å². The zero-order valence-electron chi connectivity index (χ0n) is 12.2. The van der Waals surface area contributed by atoms with Crippen molar-refractivity contribution in [2.45, 2.75) is 13.0 Å². The number of nitrogens with zero attached hydrogens (tertiary/aromatic N) is 3. The normalized spacial score (nSPS) is 13.6. The number of aromatic nitrogens is 3. The average molecular weight is 289 g/mol. The number of nitrogens with one attached hydrogen (secondary N) is 2. The minimum absolute atomic E-state index is 0.592. The number of H-pyrrole nitrogens is 1. The third-order valence-electron chi connectivity index (χ3n) is 3.17. The largest absolute Gasteiger partial charge is 0.490 e. The molecule has 0 spiro atoms. The van der Waals surface area contributed by atoms with Gasteiger partial charge in [-0.2, -0.15) is 4.98 Å². The molecule has 0 saturated heterocycles. The fraction of sp³-hybridized carbons (Fsp3) is 0.429. The minimum atomic E-state index is 0.592.